The highest BCUT2D eigenvalue weighted by Gasteiger charge is 2.40. The summed E-state index contributed by atoms with van der Waals surface area (Å²) in [5, 5.41) is 17.0. The first-order chi connectivity index (χ1) is 12.3. The second-order valence-electron chi connectivity index (χ2n) is 6.52. The van der Waals surface area contributed by atoms with E-state index in [4.69, 9.17) is 11.6 Å². The van der Waals surface area contributed by atoms with Gasteiger partial charge in [-0.3, -0.25) is 0 Å². The Bertz CT molecular complexity index is 823. The summed E-state index contributed by atoms with van der Waals surface area (Å²) < 4.78 is 1.83. The monoisotopic (exact) mass is 353 g/mol. The fourth-order valence-electron chi connectivity index (χ4n) is 3.57. The molecule has 1 aliphatic carbocycles. The lowest BCUT2D eigenvalue weighted by Gasteiger charge is -2.29. The van der Waals surface area contributed by atoms with Crippen LogP contribution in [0.5, 0.6) is 0 Å². The van der Waals surface area contributed by atoms with Gasteiger partial charge in [-0.05, 0) is 53.1 Å². The predicted molar refractivity (Wildman–Crippen MR) is 97.6 cm³/mol. The molecule has 1 N–H and O–H groups in total. The van der Waals surface area contributed by atoms with Crippen molar-refractivity contribution < 1.29 is 0 Å². The van der Waals surface area contributed by atoms with Gasteiger partial charge in [0, 0.05) is 11.6 Å². The van der Waals surface area contributed by atoms with Gasteiger partial charge in [0.25, 0.3) is 0 Å². The second kappa shape index (κ2) is 6.94. The third-order valence-electron chi connectivity index (χ3n) is 4.90. The number of rotatable bonds is 5. The Labute approximate surface area is 152 Å². The molecule has 2 aromatic carbocycles. The van der Waals surface area contributed by atoms with Crippen LogP contribution in [0.25, 0.3) is 5.69 Å². The van der Waals surface area contributed by atoms with Gasteiger partial charge in [0.1, 0.15) is 0 Å². The van der Waals surface area contributed by atoms with Gasteiger partial charge in [-0.25, -0.2) is 0 Å². The van der Waals surface area contributed by atoms with E-state index in [9.17, 15) is 0 Å². The van der Waals surface area contributed by atoms with Crippen molar-refractivity contribution in [2.45, 2.75) is 37.8 Å². The van der Waals surface area contributed by atoms with E-state index in [1.54, 1.807) is 0 Å². The Kier molecular flexibility index (Phi) is 4.51. The highest BCUT2D eigenvalue weighted by molar-refractivity contribution is 6.30. The minimum absolute atomic E-state index is 0.195. The third kappa shape index (κ3) is 3.30. The molecule has 0 amide bonds. The van der Waals surface area contributed by atoms with Crippen molar-refractivity contribution in [3.8, 4) is 5.69 Å². The largest absolute Gasteiger partial charge is 0.301 e. The minimum Gasteiger partial charge on any atom is -0.301 e. The normalized spacial score (nSPS) is 16.2. The molecule has 5 nitrogen and oxygen atoms in total. The molecule has 1 heterocycles. The molecule has 3 aromatic rings. The second-order valence-corrected chi connectivity index (χ2v) is 6.96. The molecule has 1 fully saturated rings. The van der Waals surface area contributed by atoms with Crippen molar-refractivity contribution in [1.29, 1.82) is 0 Å². The van der Waals surface area contributed by atoms with E-state index in [1.165, 1.54) is 18.4 Å². The number of halogens is 1. The molecule has 1 aromatic heterocycles. The van der Waals surface area contributed by atoms with E-state index in [0.29, 0.717) is 5.02 Å². The van der Waals surface area contributed by atoms with Crippen molar-refractivity contribution in [3.63, 3.8) is 0 Å². The van der Waals surface area contributed by atoms with Crippen molar-refractivity contribution in [1.82, 2.24) is 25.5 Å². The molecule has 0 atom stereocenters. The standard InChI is InChI=1S/C19H20ClN5/c20-16-8-10-17(11-9-16)25-18(22-23-24-25)19(12-4-5-13-19)21-14-15-6-2-1-3-7-15/h1-3,6-11,21H,4-5,12-14H2. The summed E-state index contributed by atoms with van der Waals surface area (Å²) in [7, 11) is 0. The predicted octanol–water partition coefficient (Wildman–Crippen LogP) is 3.87. The van der Waals surface area contributed by atoms with Crippen LogP contribution in [0, 0.1) is 0 Å². The highest BCUT2D eigenvalue weighted by Crippen LogP contribution is 2.38. The van der Waals surface area contributed by atoms with Gasteiger partial charge >= 0.3 is 0 Å². The highest BCUT2D eigenvalue weighted by atomic mass is 35.5. The minimum atomic E-state index is -0.195. The Hall–Kier alpha value is -2.24. The van der Waals surface area contributed by atoms with Crippen LogP contribution in [0.3, 0.4) is 0 Å². The Morgan fingerprint density at radius 1 is 1.00 bits per heavy atom. The maximum absolute atomic E-state index is 6.01. The molecule has 25 heavy (non-hydrogen) atoms. The zero-order valence-corrected chi connectivity index (χ0v) is 14.7. The first-order valence-electron chi connectivity index (χ1n) is 8.61. The van der Waals surface area contributed by atoms with Crippen molar-refractivity contribution >= 4 is 11.6 Å². The summed E-state index contributed by atoms with van der Waals surface area (Å²) in [5.74, 6) is 0.878. The lowest BCUT2D eigenvalue weighted by Crippen LogP contribution is -2.41. The number of benzene rings is 2. The van der Waals surface area contributed by atoms with Crippen LogP contribution >= 0.6 is 11.6 Å². The smallest absolute Gasteiger partial charge is 0.176 e. The van der Waals surface area contributed by atoms with Crippen LogP contribution in [0.1, 0.15) is 37.1 Å². The molecular weight excluding hydrogens is 334 g/mol. The molecule has 0 saturated heterocycles. The molecule has 1 saturated carbocycles. The van der Waals surface area contributed by atoms with E-state index < -0.39 is 0 Å². The summed E-state index contributed by atoms with van der Waals surface area (Å²) in [6.45, 7) is 0.800. The average molecular weight is 354 g/mol. The molecule has 0 unspecified atom stereocenters. The SMILES string of the molecule is Clc1ccc(-n2nnnc2C2(NCc3ccccc3)CCCC2)cc1. The van der Waals surface area contributed by atoms with Gasteiger partial charge in [-0.2, -0.15) is 4.68 Å². The Morgan fingerprint density at radius 2 is 1.72 bits per heavy atom. The van der Waals surface area contributed by atoms with Gasteiger partial charge in [0.05, 0.1) is 11.2 Å². The zero-order chi connectivity index (χ0) is 17.1. The number of nitrogens with one attached hydrogen (secondary N) is 1. The van der Waals surface area contributed by atoms with E-state index in [0.717, 1.165) is 30.9 Å². The summed E-state index contributed by atoms with van der Waals surface area (Å²) in [6, 6.07) is 18.1. The number of hydrogen-bond donors (Lipinski definition) is 1. The van der Waals surface area contributed by atoms with Crippen LogP contribution in [0.15, 0.2) is 54.6 Å². The molecule has 0 spiro atoms. The van der Waals surface area contributed by atoms with Crippen LogP contribution in [-0.2, 0) is 12.1 Å². The van der Waals surface area contributed by atoms with Crippen molar-refractivity contribution in [2.75, 3.05) is 0 Å². The van der Waals surface area contributed by atoms with Gasteiger partial charge in [0.15, 0.2) is 5.82 Å². The quantitative estimate of drug-likeness (QED) is 0.756. The van der Waals surface area contributed by atoms with Crippen LogP contribution in [-0.4, -0.2) is 20.2 Å². The molecule has 128 valence electrons. The topological polar surface area (TPSA) is 55.6 Å². The third-order valence-corrected chi connectivity index (χ3v) is 5.15. The fraction of sp³-hybridized carbons (Fsp3) is 0.316. The van der Waals surface area contributed by atoms with Crippen LogP contribution in [0.4, 0.5) is 0 Å². The maximum Gasteiger partial charge on any atom is 0.176 e. The van der Waals surface area contributed by atoms with Gasteiger partial charge < -0.3 is 5.32 Å². The summed E-state index contributed by atoms with van der Waals surface area (Å²) in [4.78, 5) is 0. The summed E-state index contributed by atoms with van der Waals surface area (Å²) >= 11 is 6.01. The first kappa shape index (κ1) is 16.2. The first-order valence-corrected chi connectivity index (χ1v) is 8.98. The maximum atomic E-state index is 6.01. The van der Waals surface area contributed by atoms with E-state index in [1.807, 2.05) is 35.0 Å². The number of hydrogen-bond acceptors (Lipinski definition) is 4. The lowest BCUT2D eigenvalue weighted by atomic mass is 9.95. The number of tetrazole rings is 1. The molecule has 0 radical (unpaired) electrons. The molecule has 6 heteroatoms. The van der Waals surface area contributed by atoms with E-state index in [2.05, 4.69) is 45.1 Å². The molecular formula is C19H20ClN5. The van der Waals surface area contributed by atoms with Gasteiger partial charge in [0.2, 0.25) is 0 Å². The molecule has 0 bridgehead atoms. The van der Waals surface area contributed by atoms with E-state index >= 15 is 0 Å². The summed E-state index contributed by atoms with van der Waals surface area (Å²) in [6.07, 6.45) is 4.42. The van der Waals surface area contributed by atoms with Crippen molar-refractivity contribution in [2.24, 2.45) is 0 Å². The fourth-order valence-corrected chi connectivity index (χ4v) is 3.69. The average Bonchev–Trinajstić information content (AvgIpc) is 3.32. The van der Waals surface area contributed by atoms with Gasteiger partial charge in [-0.15, -0.1) is 5.10 Å². The van der Waals surface area contributed by atoms with Crippen LogP contribution < -0.4 is 5.32 Å². The lowest BCUT2D eigenvalue weighted by molar-refractivity contribution is 0.312. The van der Waals surface area contributed by atoms with E-state index in [-0.39, 0.29) is 5.54 Å². The molecule has 1 aliphatic rings. The molecule has 4 rings (SSSR count). The Balaban J connectivity index is 1.65. The molecule has 0 aliphatic heterocycles. The van der Waals surface area contributed by atoms with Gasteiger partial charge in [-0.1, -0.05) is 54.8 Å². The number of aromatic nitrogens is 4. The Morgan fingerprint density at radius 3 is 2.44 bits per heavy atom. The van der Waals surface area contributed by atoms with Crippen molar-refractivity contribution in [3.05, 3.63) is 71.0 Å². The zero-order valence-electron chi connectivity index (χ0n) is 13.9. The summed E-state index contributed by atoms with van der Waals surface area (Å²) in [5.41, 5.74) is 2.00. The number of nitrogens with zero attached hydrogens (tertiary/aromatic N) is 4. The van der Waals surface area contributed by atoms with Crippen LogP contribution in [0.2, 0.25) is 5.02 Å².